The van der Waals surface area contributed by atoms with E-state index in [1.54, 1.807) is 49.3 Å². The van der Waals surface area contributed by atoms with Gasteiger partial charge < -0.3 is 30.0 Å². The number of carbonyl (C=O) groups is 1. The SMILES string of the molecule is COC[C@H](C)Oc1cc(C#Cc2cccc(CC3OCCO3)c2N)cc(C(=O)Nc2ccn(C)n2)c1. The minimum absolute atomic E-state index is 0.211. The highest BCUT2D eigenvalue weighted by Crippen LogP contribution is 2.23. The molecule has 3 N–H and O–H groups in total. The van der Waals surface area contributed by atoms with Gasteiger partial charge in [0.2, 0.25) is 0 Å². The van der Waals surface area contributed by atoms with Crippen molar-refractivity contribution in [2.75, 3.05) is 38.0 Å². The van der Waals surface area contributed by atoms with Crippen LogP contribution in [-0.4, -0.2) is 55.0 Å². The van der Waals surface area contributed by atoms with Crippen LogP contribution >= 0.6 is 0 Å². The van der Waals surface area contributed by atoms with Crippen molar-refractivity contribution in [3.8, 4) is 17.6 Å². The van der Waals surface area contributed by atoms with Gasteiger partial charge in [-0.05, 0) is 36.8 Å². The summed E-state index contributed by atoms with van der Waals surface area (Å²) in [6.45, 7) is 3.46. The number of amides is 1. The average molecular weight is 491 g/mol. The molecule has 2 heterocycles. The van der Waals surface area contributed by atoms with Crippen LogP contribution in [0.3, 0.4) is 0 Å². The second kappa shape index (κ2) is 11.7. The van der Waals surface area contributed by atoms with Crippen molar-refractivity contribution in [2.24, 2.45) is 7.05 Å². The highest BCUT2D eigenvalue weighted by atomic mass is 16.7. The van der Waals surface area contributed by atoms with E-state index in [9.17, 15) is 4.79 Å². The number of aryl methyl sites for hydroxylation is 1. The van der Waals surface area contributed by atoms with E-state index in [-0.39, 0.29) is 18.3 Å². The number of anilines is 2. The molecule has 1 saturated heterocycles. The molecule has 188 valence electrons. The van der Waals surface area contributed by atoms with Crippen LogP contribution in [0.2, 0.25) is 0 Å². The second-order valence-electron chi connectivity index (χ2n) is 8.46. The predicted molar refractivity (Wildman–Crippen MR) is 136 cm³/mol. The van der Waals surface area contributed by atoms with Gasteiger partial charge in [0.1, 0.15) is 11.9 Å². The Hall–Kier alpha value is -3.84. The fourth-order valence-corrected chi connectivity index (χ4v) is 3.79. The van der Waals surface area contributed by atoms with E-state index in [0.717, 1.165) is 5.56 Å². The molecule has 4 rings (SSSR count). The minimum Gasteiger partial charge on any atom is -0.488 e. The third-order valence-corrected chi connectivity index (χ3v) is 5.48. The molecule has 1 amide bonds. The fraction of sp³-hybridized carbons (Fsp3) is 0.333. The summed E-state index contributed by atoms with van der Waals surface area (Å²) in [4.78, 5) is 12.9. The van der Waals surface area contributed by atoms with E-state index in [0.29, 0.717) is 60.2 Å². The lowest BCUT2D eigenvalue weighted by molar-refractivity contribution is -0.0398. The van der Waals surface area contributed by atoms with Crippen LogP contribution < -0.4 is 15.8 Å². The van der Waals surface area contributed by atoms with E-state index in [2.05, 4.69) is 22.3 Å². The predicted octanol–water partition coefficient (Wildman–Crippen LogP) is 2.98. The number of aromatic nitrogens is 2. The summed E-state index contributed by atoms with van der Waals surface area (Å²) >= 11 is 0. The Kier molecular flexibility index (Phi) is 8.23. The number of rotatable bonds is 8. The number of benzene rings is 2. The van der Waals surface area contributed by atoms with Gasteiger partial charge in [0.05, 0.1) is 25.5 Å². The standard InChI is InChI=1S/C27H30N4O5/c1-18(17-33-3)36-23-14-19(13-22(15-23)27(32)29-24-9-10-31(2)30-24)7-8-20-5-4-6-21(26(20)28)16-25-34-11-12-35-25/h4-6,9-10,13-15,18,25H,11-12,16-17,28H2,1-3H3,(H,29,30,32)/t18-/m0/s1. The Labute approximate surface area is 210 Å². The van der Waals surface area contributed by atoms with E-state index < -0.39 is 0 Å². The monoisotopic (exact) mass is 490 g/mol. The Morgan fingerprint density at radius 1 is 1.25 bits per heavy atom. The molecule has 36 heavy (non-hydrogen) atoms. The Balaban J connectivity index is 1.61. The normalized spacial score (nSPS) is 14.2. The van der Waals surface area contributed by atoms with E-state index >= 15 is 0 Å². The molecule has 1 aromatic heterocycles. The van der Waals surface area contributed by atoms with Crippen molar-refractivity contribution < 1.29 is 23.7 Å². The maximum Gasteiger partial charge on any atom is 0.257 e. The lowest BCUT2D eigenvalue weighted by Crippen LogP contribution is -2.19. The lowest BCUT2D eigenvalue weighted by atomic mass is 10.0. The first kappa shape index (κ1) is 25.3. The quantitative estimate of drug-likeness (QED) is 0.369. The summed E-state index contributed by atoms with van der Waals surface area (Å²) in [7, 11) is 3.39. The van der Waals surface area contributed by atoms with E-state index in [1.165, 1.54) is 0 Å². The summed E-state index contributed by atoms with van der Waals surface area (Å²) in [6, 6.07) is 12.6. The van der Waals surface area contributed by atoms with Gasteiger partial charge in [0, 0.05) is 49.5 Å². The number of nitrogens with one attached hydrogen (secondary N) is 1. The number of methoxy groups -OCH3 is 1. The van der Waals surface area contributed by atoms with Gasteiger partial charge in [-0.3, -0.25) is 9.48 Å². The summed E-state index contributed by atoms with van der Waals surface area (Å²) < 4.78 is 23.8. The number of nitrogens with two attached hydrogens (primary N) is 1. The van der Waals surface area contributed by atoms with Crippen LogP contribution in [-0.2, 0) is 27.7 Å². The molecule has 9 heteroatoms. The van der Waals surface area contributed by atoms with Crippen LogP contribution in [0.1, 0.15) is 34.0 Å². The van der Waals surface area contributed by atoms with E-state index in [1.807, 2.05) is 25.1 Å². The molecule has 1 aliphatic rings. The smallest absolute Gasteiger partial charge is 0.257 e. The number of nitrogens with zero attached hydrogens (tertiary/aromatic N) is 2. The van der Waals surface area contributed by atoms with Crippen molar-refractivity contribution in [3.05, 3.63) is 70.9 Å². The molecule has 9 nitrogen and oxygen atoms in total. The molecule has 0 unspecified atom stereocenters. The summed E-state index contributed by atoms with van der Waals surface area (Å²) in [5, 5.41) is 7.00. The molecular formula is C27H30N4O5. The van der Waals surface area contributed by atoms with E-state index in [4.69, 9.17) is 24.7 Å². The molecule has 0 bridgehead atoms. The zero-order valence-electron chi connectivity index (χ0n) is 20.6. The maximum atomic E-state index is 12.9. The summed E-state index contributed by atoms with van der Waals surface area (Å²) in [5.74, 6) is 6.91. The molecule has 0 aliphatic carbocycles. The van der Waals surface area contributed by atoms with Crippen LogP contribution in [0.5, 0.6) is 5.75 Å². The van der Waals surface area contributed by atoms with Crippen molar-refractivity contribution in [1.29, 1.82) is 0 Å². The van der Waals surface area contributed by atoms with Crippen molar-refractivity contribution >= 4 is 17.4 Å². The molecule has 0 spiro atoms. The number of ether oxygens (including phenoxy) is 4. The molecular weight excluding hydrogens is 460 g/mol. The lowest BCUT2D eigenvalue weighted by Gasteiger charge is -2.15. The summed E-state index contributed by atoms with van der Waals surface area (Å²) in [6.07, 6.45) is 1.80. The van der Waals surface area contributed by atoms with Crippen LogP contribution in [0.15, 0.2) is 48.7 Å². The molecule has 1 atom stereocenters. The Morgan fingerprint density at radius 3 is 2.78 bits per heavy atom. The molecule has 1 fully saturated rings. The van der Waals surface area contributed by atoms with Gasteiger partial charge in [-0.25, -0.2) is 0 Å². The first-order valence-electron chi connectivity index (χ1n) is 11.7. The largest absolute Gasteiger partial charge is 0.488 e. The van der Waals surface area contributed by atoms with Gasteiger partial charge in [0.25, 0.3) is 5.91 Å². The minimum atomic E-state index is -0.320. The number of nitrogen functional groups attached to an aromatic ring is 1. The molecule has 3 aromatic rings. The second-order valence-corrected chi connectivity index (χ2v) is 8.46. The maximum absolute atomic E-state index is 12.9. The number of hydrogen-bond donors (Lipinski definition) is 2. The number of hydrogen-bond acceptors (Lipinski definition) is 7. The Bertz CT molecular complexity index is 1270. The highest BCUT2D eigenvalue weighted by Gasteiger charge is 2.18. The first-order chi connectivity index (χ1) is 17.4. The van der Waals surface area contributed by atoms with Gasteiger partial charge in [0.15, 0.2) is 12.1 Å². The van der Waals surface area contributed by atoms with Gasteiger partial charge in [-0.2, -0.15) is 5.10 Å². The average Bonchev–Trinajstić information content (AvgIpc) is 3.51. The molecule has 2 aromatic carbocycles. The molecule has 0 saturated carbocycles. The van der Waals surface area contributed by atoms with Gasteiger partial charge in [-0.15, -0.1) is 0 Å². The Morgan fingerprint density at radius 2 is 2.06 bits per heavy atom. The third kappa shape index (κ3) is 6.64. The van der Waals surface area contributed by atoms with Crippen LogP contribution in [0.4, 0.5) is 11.5 Å². The number of carbonyl (C=O) groups excluding carboxylic acids is 1. The molecule has 0 radical (unpaired) electrons. The zero-order valence-corrected chi connectivity index (χ0v) is 20.6. The van der Waals surface area contributed by atoms with Crippen molar-refractivity contribution in [2.45, 2.75) is 25.7 Å². The highest BCUT2D eigenvalue weighted by molar-refractivity contribution is 6.04. The van der Waals surface area contributed by atoms with Gasteiger partial charge >= 0.3 is 0 Å². The topological polar surface area (TPSA) is 110 Å². The summed E-state index contributed by atoms with van der Waals surface area (Å²) in [5.41, 5.74) is 9.57. The van der Waals surface area contributed by atoms with Crippen LogP contribution in [0, 0.1) is 11.8 Å². The molecule has 1 aliphatic heterocycles. The fourth-order valence-electron chi connectivity index (χ4n) is 3.79. The number of para-hydroxylation sites is 1. The first-order valence-corrected chi connectivity index (χ1v) is 11.7. The van der Waals surface area contributed by atoms with Crippen LogP contribution in [0.25, 0.3) is 0 Å². The van der Waals surface area contributed by atoms with Gasteiger partial charge in [-0.1, -0.05) is 24.0 Å². The van der Waals surface area contributed by atoms with Crippen molar-refractivity contribution in [1.82, 2.24) is 9.78 Å². The van der Waals surface area contributed by atoms with Crippen molar-refractivity contribution in [3.63, 3.8) is 0 Å². The zero-order chi connectivity index (χ0) is 25.5. The third-order valence-electron chi connectivity index (χ3n) is 5.48.